The first-order chi connectivity index (χ1) is 11.2. The summed E-state index contributed by atoms with van der Waals surface area (Å²) >= 11 is 0. The second kappa shape index (κ2) is 8.28. The standard InChI is InChI=1S/C19H37N3O/c1-3-21-11-10-17(15(2)14-21)20-16-8-12-22(13-9-16)18-6-4-5-7-19(18)23/h15-20,23H,3-14H2,1-2H3. The Balaban J connectivity index is 1.42. The molecule has 23 heavy (non-hydrogen) atoms. The Hall–Kier alpha value is -0.160. The van der Waals surface area contributed by atoms with Crippen molar-refractivity contribution >= 4 is 0 Å². The Kier molecular flexibility index (Phi) is 6.36. The monoisotopic (exact) mass is 323 g/mol. The van der Waals surface area contributed by atoms with E-state index in [9.17, 15) is 5.11 Å². The molecule has 0 aromatic carbocycles. The molecular weight excluding hydrogens is 286 g/mol. The summed E-state index contributed by atoms with van der Waals surface area (Å²) in [4.78, 5) is 5.15. The molecule has 4 unspecified atom stereocenters. The van der Waals surface area contributed by atoms with Crippen LogP contribution in [0.5, 0.6) is 0 Å². The third-order valence-electron chi connectivity index (χ3n) is 6.58. The van der Waals surface area contributed by atoms with E-state index in [1.165, 1.54) is 71.2 Å². The van der Waals surface area contributed by atoms with E-state index in [1.807, 2.05) is 0 Å². The summed E-state index contributed by atoms with van der Waals surface area (Å²) < 4.78 is 0. The largest absolute Gasteiger partial charge is 0.391 e. The molecule has 2 saturated heterocycles. The minimum atomic E-state index is -0.0772. The molecule has 4 heteroatoms. The predicted molar refractivity (Wildman–Crippen MR) is 95.7 cm³/mol. The maximum absolute atomic E-state index is 10.3. The molecule has 2 heterocycles. The lowest BCUT2D eigenvalue weighted by molar-refractivity contribution is 0.00538. The van der Waals surface area contributed by atoms with Gasteiger partial charge in [0.05, 0.1) is 6.10 Å². The van der Waals surface area contributed by atoms with Crippen molar-refractivity contribution in [2.45, 2.75) is 83.0 Å². The fraction of sp³-hybridized carbons (Fsp3) is 1.00. The van der Waals surface area contributed by atoms with Gasteiger partial charge in [-0.25, -0.2) is 0 Å². The SMILES string of the molecule is CCN1CCC(NC2CCN(C3CCCCC3O)CC2)C(C)C1. The number of nitrogens with one attached hydrogen (secondary N) is 1. The summed E-state index contributed by atoms with van der Waals surface area (Å²) in [5, 5.41) is 14.2. The van der Waals surface area contributed by atoms with Gasteiger partial charge in [0.1, 0.15) is 0 Å². The van der Waals surface area contributed by atoms with Crippen LogP contribution in [-0.4, -0.2) is 71.9 Å². The predicted octanol–water partition coefficient (Wildman–Crippen LogP) is 2.07. The highest BCUT2D eigenvalue weighted by molar-refractivity contribution is 4.90. The van der Waals surface area contributed by atoms with Crippen molar-refractivity contribution in [2.75, 3.05) is 32.7 Å². The van der Waals surface area contributed by atoms with Crippen molar-refractivity contribution in [1.82, 2.24) is 15.1 Å². The molecule has 1 aliphatic carbocycles. The Labute approximate surface area is 142 Å². The second-order valence-electron chi connectivity index (χ2n) is 8.16. The maximum Gasteiger partial charge on any atom is 0.0695 e. The first-order valence-electron chi connectivity index (χ1n) is 10.1. The molecule has 134 valence electrons. The second-order valence-corrected chi connectivity index (χ2v) is 8.16. The number of piperidine rings is 2. The Morgan fingerprint density at radius 1 is 1.00 bits per heavy atom. The molecule has 3 fully saturated rings. The topological polar surface area (TPSA) is 38.7 Å². The molecule has 0 radical (unpaired) electrons. The zero-order valence-electron chi connectivity index (χ0n) is 15.2. The van der Waals surface area contributed by atoms with E-state index in [1.54, 1.807) is 0 Å². The maximum atomic E-state index is 10.3. The fourth-order valence-corrected chi connectivity index (χ4v) is 4.98. The number of rotatable bonds is 4. The van der Waals surface area contributed by atoms with Crippen molar-refractivity contribution in [2.24, 2.45) is 5.92 Å². The van der Waals surface area contributed by atoms with Crippen molar-refractivity contribution in [3.8, 4) is 0 Å². The zero-order chi connectivity index (χ0) is 16.2. The Morgan fingerprint density at radius 3 is 2.39 bits per heavy atom. The zero-order valence-corrected chi connectivity index (χ0v) is 15.2. The third-order valence-corrected chi connectivity index (χ3v) is 6.58. The number of likely N-dealkylation sites (tertiary alicyclic amines) is 2. The Bertz CT molecular complexity index is 357. The number of aliphatic hydroxyl groups is 1. The van der Waals surface area contributed by atoms with Gasteiger partial charge in [-0.2, -0.15) is 0 Å². The first-order valence-corrected chi connectivity index (χ1v) is 10.1. The molecule has 4 atom stereocenters. The van der Waals surface area contributed by atoms with Gasteiger partial charge in [-0.1, -0.05) is 26.7 Å². The highest BCUT2D eigenvalue weighted by Crippen LogP contribution is 2.26. The van der Waals surface area contributed by atoms with Crippen LogP contribution in [0, 0.1) is 5.92 Å². The molecule has 2 aliphatic heterocycles. The lowest BCUT2D eigenvalue weighted by Crippen LogP contribution is -2.55. The molecule has 3 aliphatic rings. The molecule has 0 bridgehead atoms. The fourth-order valence-electron chi connectivity index (χ4n) is 4.98. The van der Waals surface area contributed by atoms with Gasteiger partial charge in [0.2, 0.25) is 0 Å². The minimum absolute atomic E-state index is 0.0772. The van der Waals surface area contributed by atoms with Gasteiger partial charge in [0.25, 0.3) is 0 Å². The van der Waals surface area contributed by atoms with Gasteiger partial charge >= 0.3 is 0 Å². The summed E-state index contributed by atoms with van der Waals surface area (Å²) in [5.41, 5.74) is 0. The molecule has 2 N–H and O–H groups in total. The van der Waals surface area contributed by atoms with Crippen molar-refractivity contribution in [3.05, 3.63) is 0 Å². The van der Waals surface area contributed by atoms with Crippen LogP contribution in [0.4, 0.5) is 0 Å². The molecule has 4 nitrogen and oxygen atoms in total. The van der Waals surface area contributed by atoms with Crippen LogP contribution in [0.1, 0.15) is 58.8 Å². The number of hydrogen-bond acceptors (Lipinski definition) is 4. The number of nitrogens with zero attached hydrogens (tertiary/aromatic N) is 2. The summed E-state index contributed by atoms with van der Waals surface area (Å²) in [5.74, 6) is 0.766. The molecule has 0 spiro atoms. The number of hydrogen-bond donors (Lipinski definition) is 2. The van der Waals surface area contributed by atoms with Gasteiger partial charge in [0, 0.05) is 37.8 Å². The van der Waals surface area contributed by atoms with Gasteiger partial charge in [-0.3, -0.25) is 4.90 Å². The average molecular weight is 324 g/mol. The minimum Gasteiger partial charge on any atom is -0.391 e. The van der Waals surface area contributed by atoms with E-state index in [0.717, 1.165) is 12.3 Å². The summed E-state index contributed by atoms with van der Waals surface area (Å²) in [7, 11) is 0. The lowest BCUT2D eigenvalue weighted by Gasteiger charge is -2.44. The smallest absolute Gasteiger partial charge is 0.0695 e. The van der Waals surface area contributed by atoms with Crippen LogP contribution in [-0.2, 0) is 0 Å². The van der Waals surface area contributed by atoms with Crippen molar-refractivity contribution < 1.29 is 5.11 Å². The van der Waals surface area contributed by atoms with Crippen LogP contribution in [0.3, 0.4) is 0 Å². The molecule has 0 aromatic rings. The van der Waals surface area contributed by atoms with Gasteiger partial charge < -0.3 is 15.3 Å². The molecule has 3 rings (SSSR count). The van der Waals surface area contributed by atoms with Gasteiger partial charge in [0.15, 0.2) is 0 Å². The van der Waals surface area contributed by atoms with Crippen LogP contribution in [0.2, 0.25) is 0 Å². The lowest BCUT2D eigenvalue weighted by atomic mass is 9.88. The molecular formula is C19H37N3O. The van der Waals surface area contributed by atoms with E-state index in [-0.39, 0.29) is 6.10 Å². The molecule has 0 amide bonds. The van der Waals surface area contributed by atoms with Crippen molar-refractivity contribution in [3.63, 3.8) is 0 Å². The normalized spacial score (nSPS) is 38.7. The van der Waals surface area contributed by atoms with E-state index < -0.39 is 0 Å². The number of aliphatic hydroxyl groups excluding tert-OH is 1. The van der Waals surface area contributed by atoms with Gasteiger partial charge in [-0.15, -0.1) is 0 Å². The van der Waals surface area contributed by atoms with Crippen LogP contribution < -0.4 is 5.32 Å². The van der Waals surface area contributed by atoms with E-state index >= 15 is 0 Å². The third kappa shape index (κ3) is 4.47. The first kappa shape index (κ1) is 17.7. The van der Waals surface area contributed by atoms with Crippen LogP contribution >= 0.6 is 0 Å². The van der Waals surface area contributed by atoms with Gasteiger partial charge in [-0.05, 0) is 51.1 Å². The highest BCUT2D eigenvalue weighted by atomic mass is 16.3. The highest BCUT2D eigenvalue weighted by Gasteiger charge is 2.33. The quantitative estimate of drug-likeness (QED) is 0.831. The van der Waals surface area contributed by atoms with E-state index in [4.69, 9.17) is 0 Å². The summed E-state index contributed by atoms with van der Waals surface area (Å²) in [6.07, 6.45) is 8.45. The average Bonchev–Trinajstić information content (AvgIpc) is 2.58. The van der Waals surface area contributed by atoms with E-state index in [0.29, 0.717) is 18.1 Å². The Morgan fingerprint density at radius 2 is 1.74 bits per heavy atom. The van der Waals surface area contributed by atoms with E-state index in [2.05, 4.69) is 29.0 Å². The van der Waals surface area contributed by atoms with Crippen molar-refractivity contribution in [1.29, 1.82) is 0 Å². The molecule has 0 aromatic heterocycles. The molecule has 1 saturated carbocycles. The summed E-state index contributed by atoms with van der Waals surface area (Å²) in [6, 6.07) is 1.83. The van der Waals surface area contributed by atoms with Crippen LogP contribution in [0.15, 0.2) is 0 Å². The summed E-state index contributed by atoms with van der Waals surface area (Å²) in [6.45, 7) is 10.7. The van der Waals surface area contributed by atoms with Crippen LogP contribution in [0.25, 0.3) is 0 Å².